The van der Waals surface area contributed by atoms with Crippen molar-refractivity contribution >= 4 is 11.8 Å². The van der Waals surface area contributed by atoms with Gasteiger partial charge < -0.3 is 9.80 Å². The highest BCUT2D eigenvalue weighted by atomic mass is 16.2. The van der Waals surface area contributed by atoms with Crippen LogP contribution in [0.3, 0.4) is 0 Å². The van der Waals surface area contributed by atoms with Crippen LogP contribution < -0.4 is 0 Å². The zero-order chi connectivity index (χ0) is 14.4. The van der Waals surface area contributed by atoms with E-state index in [4.69, 9.17) is 0 Å². The van der Waals surface area contributed by atoms with Crippen LogP contribution in [0.1, 0.15) is 36.5 Å². The third-order valence-corrected chi connectivity index (χ3v) is 3.68. The average molecular weight is 274 g/mol. The first kappa shape index (κ1) is 14.6. The summed E-state index contributed by atoms with van der Waals surface area (Å²) in [6.45, 7) is 4.85. The summed E-state index contributed by atoms with van der Waals surface area (Å²) in [5.41, 5.74) is 0.745. The van der Waals surface area contributed by atoms with Gasteiger partial charge in [0, 0.05) is 38.2 Å². The van der Waals surface area contributed by atoms with E-state index >= 15 is 0 Å². The van der Waals surface area contributed by atoms with E-state index in [-0.39, 0.29) is 11.8 Å². The number of hydrogen-bond acceptors (Lipinski definition) is 2. The van der Waals surface area contributed by atoms with Crippen LogP contribution in [0, 0.1) is 0 Å². The highest BCUT2D eigenvalue weighted by Crippen LogP contribution is 2.10. The first-order valence-corrected chi connectivity index (χ1v) is 7.34. The molecule has 1 aliphatic heterocycles. The van der Waals surface area contributed by atoms with Crippen LogP contribution in [0.5, 0.6) is 0 Å². The smallest absolute Gasteiger partial charge is 0.253 e. The van der Waals surface area contributed by atoms with Crippen LogP contribution in [-0.2, 0) is 4.79 Å². The van der Waals surface area contributed by atoms with Gasteiger partial charge in [-0.2, -0.15) is 0 Å². The molecule has 1 heterocycles. The van der Waals surface area contributed by atoms with Crippen molar-refractivity contribution in [3.63, 3.8) is 0 Å². The first-order chi connectivity index (χ1) is 9.72. The van der Waals surface area contributed by atoms with Gasteiger partial charge in [0.15, 0.2) is 0 Å². The lowest BCUT2D eigenvalue weighted by Crippen LogP contribution is -2.41. The van der Waals surface area contributed by atoms with Gasteiger partial charge in [-0.25, -0.2) is 0 Å². The maximum Gasteiger partial charge on any atom is 0.253 e. The molecule has 0 unspecified atom stereocenters. The van der Waals surface area contributed by atoms with E-state index in [2.05, 4.69) is 0 Å². The molecule has 2 rings (SSSR count). The second kappa shape index (κ2) is 7.08. The molecule has 0 radical (unpaired) electrons. The van der Waals surface area contributed by atoms with Crippen LogP contribution >= 0.6 is 0 Å². The Morgan fingerprint density at radius 3 is 2.05 bits per heavy atom. The monoisotopic (exact) mass is 274 g/mol. The summed E-state index contributed by atoms with van der Waals surface area (Å²) in [7, 11) is 0. The molecule has 1 aliphatic rings. The quantitative estimate of drug-likeness (QED) is 0.829. The fraction of sp³-hybridized carbons (Fsp3) is 0.500. The van der Waals surface area contributed by atoms with Crippen molar-refractivity contribution in [3.05, 3.63) is 35.9 Å². The first-order valence-electron chi connectivity index (χ1n) is 7.34. The average Bonchev–Trinajstić information content (AvgIpc) is 2.47. The molecule has 0 atom stereocenters. The van der Waals surface area contributed by atoms with Crippen molar-refractivity contribution in [2.24, 2.45) is 0 Å². The minimum absolute atomic E-state index is 0.0980. The second-order valence-corrected chi connectivity index (χ2v) is 5.10. The molecule has 0 N–H and O–H groups in total. The van der Waals surface area contributed by atoms with Crippen molar-refractivity contribution in [3.8, 4) is 0 Å². The van der Waals surface area contributed by atoms with E-state index in [0.717, 1.165) is 44.6 Å². The number of carbonyl (C=O) groups excluding carboxylic acids is 2. The van der Waals surface area contributed by atoms with Crippen LogP contribution in [0.15, 0.2) is 30.3 Å². The maximum atomic E-state index is 12.4. The van der Waals surface area contributed by atoms with Crippen molar-refractivity contribution in [2.45, 2.75) is 26.2 Å². The molecule has 20 heavy (non-hydrogen) atoms. The fourth-order valence-electron chi connectivity index (χ4n) is 2.57. The Morgan fingerprint density at radius 1 is 0.950 bits per heavy atom. The molecule has 0 saturated carbocycles. The summed E-state index contributed by atoms with van der Waals surface area (Å²) in [6.07, 6.45) is 2.27. The van der Waals surface area contributed by atoms with Crippen LogP contribution in [0.2, 0.25) is 0 Å². The summed E-state index contributed by atoms with van der Waals surface area (Å²) in [6, 6.07) is 9.40. The van der Waals surface area contributed by atoms with Crippen molar-refractivity contribution in [2.75, 3.05) is 26.2 Å². The molecule has 108 valence electrons. The SMILES string of the molecule is CCC(=O)N1CCCN(C(=O)c2ccccc2)CCC1. The summed E-state index contributed by atoms with van der Waals surface area (Å²) in [5, 5.41) is 0. The fourth-order valence-corrected chi connectivity index (χ4v) is 2.57. The van der Waals surface area contributed by atoms with Gasteiger partial charge in [-0.05, 0) is 25.0 Å². The normalized spacial score (nSPS) is 16.4. The summed E-state index contributed by atoms with van der Waals surface area (Å²) in [4.78, 5) is 27.9. The number of rotatable bonds is 2. The largest absolute Gasteiger partial charge is 0.343 e. The second-order valence-electron chi connectivity index (χ2n) is 5.10. The van der Waals surface area contributed by atoms with Gasteiger partial charge in [0.1, 0.15) is 0 Å². The molecular weight excluding hydrogens is 252 g/mol. The van der Waals surface area contributed by atoms with Crippen LogP contribution in [0.25, 0.3) is 0 Å². The topological polar surface area (TPSA) is 40.6 Å². The Labute approximate surface area is 120 Å². The van der Waals surface area contributed by atoms with Crippen LogP contribution in [0.4, 0.5) is 0 Å². The Balaban J connectivity index is 1.94. The zero-order valence-corrected chi connectivity index (χ0v) is 12.0. The molecule has 0 bridgehead atoms. The third-order valence-electron chi connectivity index (χ3n) is 3.68. The van der Waals surface area contributed by atoms with Gasteiger partial charge in [-0.15, -0.1) is 0 Å². The molecule has 0 spiro atoms. The molecule has 0 aliphatic carbocycles. The molecule has 1 aromatic rings. The number of nitrogens with zero attached hydrogens (tertiary/aromatic N) is 2. The van der Waals surface area contributed by atoms with Crippen molar-refractivity contribution < 1.29 is 9.59 Å². The van der Waals surface area contributed by atoms with Gasteiger partial charge in [-0.1, -0.05) is 25.1 Å². The van der Waals surface area contributed by atoms with Crippen LogP contribution in [-0.4, -0.2) is 47.8 Å². The predicted molar refractivity (Wildman–Crippen MR) is 78.5 cm³/mol. The minimum atomic E-state index is 0.0980. The van der Waals surface area contributed by atoms with E-state index in [9.17, 15) is 9.59 Å². The highest BCUT2D eigenvalue weighted by molar-refractivity contribution is 5.94. The van der Waals surface area contributed by atoms with Gasteiger partial charge in [0.05, 0.1) is 0 Å². The summed E-state index contributed by atoms with van der Waals surface area (Å²) < 4.78 is 0. The van der Waals surface area contributed by atoms with E-state index in [0.29, 0.717) is 6.42 Å². The number of amides is 2. The van der Waals surface area contributed by atoms with E-state index in [1.807, 2.05) is 47.1 Å². The predicted octanol–water partition coefficient (Wildman–Crippen LogP) is 2.16. The van der Waals surface area contributed by atoms with Crippen molar-refractivity contribution in [1.82, 2.24) is 9.80 Å². The Kier molecular flexibility index (Phi) is 5.16. The zero-order valence-electron chi connectivity index (χ0n) is 12.0. The van der Waals surface area contributed by atoms with Gasteiger partial charge in [-0.3, -0.25) is 9.59 Å². The van der Waals surface area contributed by atoms with E-state index < -0.39 is 0 Å². The molecule has 1 fully saturated rings. The van der Waals surface area contributed by atoms with Gasteiger partial charge in [0.2, 0.25) is 5.91 Å². The molecule has 1 saturated heterocycles. The lowest BCUT2D eigenvalue weighted by molar-refractivity contribution is -0.131. The standard InChI is InChI=1S/C16H22N2O2/c1-2-15(19)17-10-6-12-18(13-7-11-17)16(20)14-8-4-3-5-9-14/h3-5,8-9H,2,6-7,10-13H2,1H3. The summed E-state index contributed by atoms with van der Waals surface area (Å²) >= 11 is 0. The van der Waals surface area contributed by atoms with Gasteiger partial charge in [0.25, 0.3) is 5.91 Å². The Hall–Kier alpha value is -1.84. The minimum Gasteiger partial charge on any atom is -0.343 e. The van der Waals surface area contributed by atoms with Crippen molar-refractivity contribution in [1.29, 1.82) is 0 Å². The Bertz CT molecular complexity index is 449. The summed E-state index contributed by atoms with van der Waals surface area (Å²) in [5.74, 6) is 0.314. The molecule has 1 aromatic carbocycles. The van der Waals surface area contributed by atoms with E-state index in [1.165, 1.54) is 0 Å². The highest BCUT2D eigenvalue weighted by Gasteiger charge is 2.19. The number of carbonyl (C=O) groups is 2. The lowest BCUT2D eigenvalue weighted by Gasteiger charge is -2.30. The lowest BCUT2D eigenvalue weighted by atomic mass is 10.1. The molecule has 0 aromatic heterocycles. The number of benzene rings is 1. The molecular formula is C16H22N2O2. The molecule has 4 nitrogen and oxygen atoms in total. The maximum absolute atomic E-state index is 12.4. The number of hydrogen-bond donors (Lipinski definition) is 0. The molecule has 4 heteroatoms. The Morgan fingerprint density at radius 2 is 1.50 bits per heavy atom. The van der Waals surface area contributed by atoms with Gasteiger partial charge >= 0.3 is 0 Å². The third kappa shape index (κ3) is 3.59. The van der Waals surface area contributed by atoms with E-state index in [1.54, 1.807) is 0 Å². The molecule has 2 amide bonds.